The minimum absolute atomic E-state index is 0.371. The van der Waals surface area contributed by atoms with E-state index in [2.05, 4.69) is 22.4 Å². The molecule has 0 spiro atoms. The zero-order chi connectivity index (χ0) is 13.4. The second-order valence-electron chi connectivity index (χ2n) is 4.14. The topological polar surface area (TPSA) is 46.5 Å². The summed E-state index contributed by atoms with van der Waals surface area (Å²) in [4.78, 5) is 28.0. The highest BCUT2D eigenvalue weighted by molar-refractivity contribution is 7.78. The summed E-state index contributed by atoms with van der Waals surface area (Å²) in [6.07, 6.45) is 0. The molecular weight excluding hydrogens is 258 g/mol. The summed E-state index contributed by atoms with van der Waals surface area (Å²) in [7, 11) is 0. The maximum atomic E-state index is 12.1. The minimum atomic E-state index is -0.505. The van der Waals surface area contributed by atoms with Crippen LogP contribution in [-0.2, 0) is 0 Å². The molecule has 2 aromatic rings. The standard InChI is InChI=1S/C15H7NO2S/c17-14-12-4-2-1-3-10(12)11-6-5-9(16-8-19)7-13(11)15(14)18/h1-7H. The molecule has 0 unspecified atom stereocenters. The molecule has 4 heteroatoms. The van der Waals surface area contributed by atoms with E-state index in [4.69, 9.17) is 0 Å². The van der Waals surface area contributed by atoms with E-state index < -0.39 is 11.6 Å². The lowest BCUT2D eigenvalue weighted by atomic mass is 9.84. The monoisotopic (exact) mass is 265 g/mol. The van der Waals surface area contributed by atoms with Crippen LogP contribution >= 0.6 is 12.2 Å². The Balaban J connectivity index is 2.32. The molecule has 1 aliphatic carbocycles. The van der Waals surface area contributed by atoms with Crippen molar-refractivity contribution in [2.45, 2.75) is 0 Å². The second kappa shape index (κ2) is 4.35. The molecule has 0 aromatic heterocycles. The lowest BCUT2D eigenvalue weighted by molar-refractivity contribution is 0.0815. The van der Waals surface area contributed by atoms with Crippen molar-refractivity contribution in [3.63, 3.8) is 0 Å². The molecule has 0 aliphatic heterocycles. The largest absolute Gasteiger partial charge is 0.285 e. The number of hydrogen-bond acceptors (Lipinski definition) is 4. The van der Waals surface area contributed by atoms with Gasteiger partial charge in [0.2, 0.25) is 11.6 Å². The van der Waals surface area contributed by atoms with Crippen LogP contribution in [0.2, 0.25) is 0 Å². The summed E-state index contributed by atoms with van der Waals surface area (Å²) in [5.41, 5.74) is 2.87. The van der Waals surface area contributed by atoms with Gasteiger partial charge in [-0.2, -0.15) is 4.99 Å². The van der Waals surface area contributed by atoms with Gasteiger partial charge in [-0.25, -0.2) is 0 Å². The van der Waals surface area contributed by atoms with E-state index in [1.165, 1.54) is 0 Å². The molecule has 0 saturated carbocycles. The average molecular weight is 265 g/mol. The molecule has 0 bridgehead atoms. The number of aliphatic imine (C=N–C) groups is 1. The molecule has 2 aromatic carbocycles. The van der Waals surface area contributed by atoms with Crippen LogP contribution < -0.4 is 0 Å². The van der Waals surface area contributed by atoms with Gasteiger partial charge in [0, 0.05) is 11.1 Å². The molecule has 0 heterocycles. The summed E-state index contributed by atoms with van der Waals surface area (Å²) in [6.45, 7) is 0. The average Bonchev–Trinajstić information content (AvgIpc) is 2.45. The third-order valence-corrected chi connectivity index (χ3v) is 3.18. The van der Waals surface area contributed by atoms with Crippen molar-refractivity contribution in [1.82, 2.24) is 0 Å². The molecular formula is C15H7NO2S. The Morgan fingerprint density at radius 2 is 1.47 bits per heavy atom. The van der Waals surface area contributed by atoms with E-state index in [1.807, 2.05) is 12.1 Å². The minimum Gasteiger partial charge on any atom is -0.285 e. The number of thiocarbonyl (C=S) groups is 1. The maximum absolute atomic E-state index is 12.1. The Hall–Kier alpha value is -2.42. The van der Waals surface area contributed by atoms with Crippen LogP contribution in [0.3, 0.4) is 0 Å². The number of fused-ring (bicyclic) bond motifs is 3. The van der Waals surface area contributed by atoms with Gasteiger partial charge >= 0.3 is 0 Å². The molecule has 0 atom stereocenters. The predicted octanol–water partition coefficient (Wildman–Crippen LogP) is 3.47. The zero-order valence-electron chi connectivity index (χ0n) is 9.71. The highest BCUT2D eigenvalue weighted by atomic mass is 32.1. The van der Waals surface area contributed by atoms with E-state index >= 15 is 0 Å². The molecule has 1 aliphatic rings. The number of nitrogens with zero attached hydrogens (tertiary/aromatic N) is 1. The number of carbonyl (C=O) groups excluding carboxylic acids is 2. The van der Waals surface area contributed by atoms with E-state index in [1.54, 1.807) is 30.3 Å². The van der Waals surface area contributed by atoms with Crippen molar-refractivity contribution in [3.8, 4) is 11.1 Å². The smallest absolute Gasteiger partial charge is 0.234 e. The number of carbonyl (C=O) groups is 2. The Kier molecular flexibility index (Phi) is 2.67. The van der Waals surface area contributed by atoms with Gasteiger partial charge < -0.3 is 0 Å². The molecule has 0 N–H and O–H groups in total. The number of hydrogen-bond donors (Lipinski definition) is 0. The quantitative estimate of drug-likeness (QED) is 0.450. The van der Waals surface area contributed by atoms with Gasteiger partial charge in [0.05, 0.1) is 10.8 Å². The fourth-order valence-corrected chi connectivity index (χ4v) is 2.34. The van der Waals surface area contributed by atoms with Crippen LogP contribution in [0, 0.1) is 0 Å². The van der Waals surface area contributed by atoms with Gasteiger partial charge in [0.25, 0.3) is 0 Å². The first-order valence-corrected chi connectivity index (χ1v) is 6.03. The molecule has 0 saturated heterocycles. The third-order valence-electron chi connectivity index (χ3n) is 3.09. The van der Waals surface area contributed by atoms with Gasteiger partial charge in [0.15, 0.2) is 0 Å². The van der Waals surface area contributed by atoms with Crippen LogP contribution in [0.4, 0.5) is 5.69 Å². The summed E-state index contributed by atoms with van der Waals surface area (Å²) in [5, 5.41) is 2.25. The number of isothiocyanates is 1. The molecule has 3 nitrogen and oxygen atoms in total. The van der Waals surface area contributed by atoms with E-state index in [-0.39, 0.29) is 0 Å². The van der Waals surface area contributed by atoms with Crippen molar-refractivity contribution in [2.24, 2.45) is 4.99 Å². The highest BCUT2D eigenvalue weighted by Crippen LogP contribution is 2.35. The van der Waals surface area contributed by atoms with Crippen LogP contribution in [-0.4, -0.2) is 16.7 Å². The fourth-order valence-electron chi connectivity index (χ4n) is 2.24. The summed E-state index contributed by atoms with van der Waals surface area (Å²) < 4.78 is 0. The molecule has 0 amide bonds. The summed E-state index contributed by atoms with van der Waals surface area (Å²) in [6, 6.07) is 12.2. The van der Waals surface area contributed by atoms with Crippen molar-refractivity contribution >= 4 is 34.6 Å². The Labute approximate surface area is 114 Å². The lowest BCUT2D eigenvalue weighted by Crippen LogP contribution is -2.20. The Bertz CT molecular complexity index is 773. The van der Waals surface area contributed by atoms with Crippen LogP contribution in [0.15, 0.2) is 47.5 Å². The first-order valence-electron chi connectivity index (χ1n) is 5.62. The van der Waals surface area contributed by atoms with Crippen molar-refractivity contribution in [3.05, 3.63) is 53.6 Å². The first kappa shape index (κ1) is 11.7. The first-order chi connectivity index (χ1) is 9.22. The fraction of sp³-hybridized carbons (Fsp3) is 0. The van der Waals surface area contributed by atoms with E-state index in [0.717, 1.165) is 11.1 Å². The molecule has 19 heavy (non-hydrogen) atoms. The summed E-state index contributed by atoms with van der Waals surface area (Å²) in [5.74, 6) is -0.985. The van der Waals surface area contributed by atoms with Gasteiger partial charge in [-0.15, -0.1) is 0 Å². The SMILES string of the molecule is O=C1C(=O)c2cc(N=C=S)ccc2-c2ccccc21. The van der Waals surface area contributed by atoms with Gasteiger partial charge in [0.1, 0.15) is 0 Å². The van der Waals surface area contributed by atoms with Crippen molar-refractivity contribution in [2.75, 3.05) is 0 Å². The van der Waals surface area contributed by atoms with Crippen LogP contribution in [0.5, 0.6) is 0 Å². The van der Waals surface area contributed by atoms with Gasteiger partial charge in [-0.1, -0.05) is 30.3 Å². The zero-order valence-corrected chi connectivity index (χ0v) is 10.5. The van der Waals surface area contributed by atoms with Gasteiger partial charge in [-0.3, -0.25) is 9.59 Å². The third kappa shape index (κ3) is 1.74. The van der Waals surface area contributed by atoms with E-state index in [0.29, 0.717) is 16.8 Å². The highest BCUT2D eigenvalue weighted by Gasteiger charge is 2.29. The van der Waals surface area contributed by atoms with E-state index in [9.17, 15) is 9.59 Å². The van der Waals surface area contributed by atoms with Crippen molar-refractivity contribution in [1.29, 1.82) is 0 Å². The number of ketones is 2. The number of Topliss-reactive ketones (excluding diaryl/α,β-unsaturated/α-hetero) is 2. The second-order valence-corrected chi connectivity index (χ2v) is 4.32. The normalized spacial score (nSPS) is 12.4. The van der Waals surface area contributed by atoms with Crippen LogP contribution in [0.25, 0.3) is 11.1 Å². The predicted molar refractivity (Wildman–Crippen MR) is 75.2 cm³/mol. The Morgan fingerprint density at radius 1 is 0.842 bits per heavy atom. The maximum Gasteiger partial charge on any atom is 0.234 e. The summed E-state index contributed by atoms with van der Waals surface area (Å²) >= 11 is 4.54. The lowest BCUT2D eigenvalue weighted by Gasteiger charge is -2.17. The number of benzene rings is 2. The molecule has 3 rings (SSSR count). The molecule has 0 fully saturated rings. The molecule has 90 valence electrons. The van der Waals surface area contributed by atoms with Gasteiger partial charge in [-0.05, 0) is 35.5 Å². The molecule has 0 radical (unpaired) electrons. The number of rotatable bonds is 1. The van der Waals surface area contributed by atoms with Crippen LogP contribution in [0.1, 0.15) is 20.7 Å². The Morgan fingerprint density at radius 3 is 2.21 bits per heavy atom. The van der Waals surface area contributed by atoms with Crippen molar-refractivity contribution < 1.29 is 9.59 Å².